The quantitative estimate of drug-likeness (QED) is 0.190. The minimum absolute atomic E-state index is 0.719. The van der Waals surface area contributed by atoms with Crippen LogP contribution in [0, 0.1) is 0 Å². The Labute approximate surface area is 200 Å². The van der Waals surface area contributed by atoms with Gasteiger partial charge in [-0.2, -0.15) is 4.63 Å². The van der Waals surface area contributed by atoms with Gasteiger partial charge in [0.15, 0.2) is 5.65 Å². The first-order chi connectivity index (χ1) is 16.3. The zero-order valence-corrected chi connectivity index (χ0v) is 20.7. The molecule has 0 radical (unpaired) electrons. The first kappa shape index (κ1) is 25.3. The number of nitrogens with one attached hydrogen (secondary N) is 1. The van der Waals surface area contributed by atoms with Gasteiger partial charge in [0.05, 0.1) is 6.61 Å². The largest absolute Gasteiger partial charge is 0.494 e. The molecule has 0 aliphatic carbocycles. The molecule has 0 aliphatic heterocycles. The van der Waals surface area contributed by atoms with Gasteiger partial charge in [0.1, 0.15) is 12.1 Å². The molecule has 0 amide bonds. The molecule has 3 rings (SSSR count). The van der Waals surface area contributed by atoms with Crippen molar-refractivity contribution < 1.29 is 4.74 Å². The lowest BCUT2D eigenvalue weighted by molar-refractivity contribution is 0.310. The number of unbranched alkanes of at least 4 members (excludes halogenated alkanes) is 12. The number of aromatic amines is 1. The molecule has 0 aliphatic rings. The maximum Gasteiger partial charge on any atom is 0.175 e. The summed E-state index contributed by atoms with van der Waals surface area (Å²) in [5.41, 5.74) is 3.41. The molecule has 0 bridgehead atoms. The van der Waals surface area contributed by atoms with Crippen molar-refractivity contribution >= 4 is 5.65 Å². The van der Waals surface area contributed by atoms with Crippen LogP contribution < -0.4 is 4.74 Å². The van der Waals surface area contributed by atoms with Crippen LogP contribution in [0.25, 0.3) is 5.65 Å². The monoisotopic (exact) mass is 452 g/mol. The Kier molecular flexibility index (Phi) is 11.9. The van der Waals surface area contributed by atoms with Crippen molar-refractivity contribution in [2.24, 2.45) is 0 Å². The summed E-state index contributed by atoms with van der Waals surface area (Å²) in [6.07, 6.45) is 22.9. The normalized spacial score (nSPS) is 11.4. The lowest BCUT2D eigenvalue weighted by atomic mass is 10.0. The van der Waals surface area contributed by atoms with Crippen LogP contribution in [0.1, 0.15) is 108 Å². The minimum Gasteiger partial charge on any atom is -0.494 e. The average molecular weight is 453 g/mol. The molecule has 0 saturated heterocycles. The van der Waals surface area contributed by atoms with Crippen LogP contribution >= 0.6 is 0 Å². The predicted molar refractivity (Wildman–Crippen MR) is 137 cm³/mol. The SMILES string of the molecule is CCCCCCCCCCCCCCCc1cccc(OCCCc2cc3ncnn3[nH]2)c1. The lowest BCUT2D eigenvalue weighted by Crippen LogP contribution is -2.00. The molecule has 2 aromatic heterocycles. The van der Waals surface area contributed by atoms with Crippen LogP contribution in [0.2, 0.25) is 0 Å². The molecule has 3 aromatic rings. The molecule has 5 nitrogen and oxygen atoms in total. The number of hydrogen-bond donors (Lipinski definition) is 1. The Morgan fingerprint density at radius 2 is 1.48 bits per heavy atom. The van der Waals surface area contributed by atoms with E-state index in [1.165, 1.54) is 89.0 Å². The van der Waals surface area contributed by atoms with E-state index in [2.05, 4.69) is 46.4 Å². The summed E-state index contributed by atoms with van der Waals surface area (Å²) < 4.78 is 7.70. The van der Waals surface area contributed by atoms with Gasteiger partial charge in [-0.15, -0.1) is 5.10 Å². The Balaban J connectivity index is 1.17. The summed E-state index contributed by atoms with van der Waals surface area (Å²) in [5.74, 6) is 0.991. The number of rotatable bonds is 19. The van der Waals surface area contributed by atoms with Gasteiger partial charge in [-0.05, 0) is 43.4 Å². The zero-order chi connectivity index (χ0) is 23.0. The number of benzene rings is 1. The van der Waals surface area contributed by atoms with Gasteiger partial charge < -0.3 is 4.74 Å². The van der Waals surface area contributed by atoms with E-state index in [9.17, 15) is 0 Å². The molecule has 33 heavy (non-hydrogen) atoms. The predicted octanol–water partition coefficient (Wildman–Crippen LogP) is 7.70. The Morgan fingerprint density at radius 1 is 0.788 bits per heavy atom. The fourth-order valence-electron chi connectivity index (χ4n) is 4.48. The molecule has 1 aromatic carbocycles. The first-order valence-electron chi connectivity index (χ1n) is 13.4. The lowest BCUT2D eigenvalue weighted by Gasteiger charge is -2.08. The molecule has 2 heterocycles. The summed E-state index contributed by atoms with van der Waals surface area (Å²) in [6.45, 7) is 3.01. The van der Waals surface area contributed by atoms with E-state index >= 15 is 0 Å². The Bertz CT molecular complexity index is 856. The highest BCUT2D eigenvalue weighted by Gasteiger charge is 2.03. The zero-order valence-electron chi connectivity index (χ0n) is 20.7. The van der Waals surface area contributed by atoms with Crippen molar-refractivity contribution in [1.82, 2.24) is 19.8 Å². The van der Waals surface area contributed by atoms with Crippen LogP contribution in [0.5, 0.6) is 5.75 Å². The van der Waals surface area contributed by atoms with Crippen LogP contribution in [-0.4, -0.2) is 26.4 Å². The summed E-state index contributed by atoms with van der Waals surface area (Å²) in [4.78, 5) is 4.18. The van der Waals surface area contributed by atoms with E-state index in [4.69, 9.17) is 4.74 Å². The van der Waals surface area contributed by atoms with Crippen LogP contribution in [-0.2, 0) is 12.8 Å². The number of nitrogens with zero attached hydrogens (tertiary/aromatic N) is 3. The van der Waals surface area contributed by atoms with Crippen LogP contribution in [0.15, 0.2) is 36.7 Å². The van der Waals surface area contributed by atoms with E-state index in [-0.39, 0.29) is 0 Å². The Hall–Kier alpha value is -2.30. The number of hydrogen-bond acceptors (Lipinski definition) is 3. The third-order valence-corrected chi connectivity index (χ3v) is 6.45. The molecule has 0 unspecified atom stereocenters. The molecule has 0 fully saturated rings. The van der Waals surface area contributed by atoms with Crippen molar-refractivity contribution in [2.75, 3.05) is 6.61 Å². The number of aromatic nitrogens is 4. The highest BCUT2D eigenvalue weighted by molar-refractivity contribution is 5.36. The molecule has 0 atom stereocenters. The van der Waals surface area contributed by atoms with Gasteiger partial charge in [0, 0.05) is 11.8 Å². The van der Waals surface area contributed by atoms with Gasteiger partial charge in [-0.25, -0.2) is 4.98 Å². The highest BCUT2D eigenvalue weighted by atomic mass is 16.5. The van der Waals surface area contributed by atoms with Gasteiger partial charge in [-0.3, -0.25) is 5.10 Å². The first-order valence-corrected chi connectivity index (χ1v) is 13.4. The fourth-order valence-corrected chi connectivity index (χ4v) is 4.48. The topological polar surface area (TPSA) is 55.2 Å². The Morgan fingerprint density at radius 3 is 2.18 bits per heavy atom. The van der Waals surface area contributed by atoms with E-state index < -0.39 is 0 Å². The average Bonchev–Trinajstić information content (AvgIpc) is 3.42. The maximum absolute atomic E-state index is 5.99. The van der Waals surface area contributed by atoms with Gasteiger partial charge in [0.25, 0.3) is 0 Å². The highest BCUT2D eigenvalue weighted by Crippen LogP contribution is 2.17. The van der Waals surface area contributed by atoms with Crippen molar-refractivity contribution in [3.63, 3.8) is 0 Å². The van der Waals surface area contributed by atoms with Gasteiger partial charge >= 0.3 is 0 Å². The summed E-state index contributed by atoms with van der Waals surface area (Å²) in [7, 11) is 0. The summed E-state index contributed by atoms with van der Waals surface area (Å²) >= 11 is 0. The number of aryl methyl sites for hydroxylation is 2. The maximum atomic E-state index is 5.99. The molecule has 0 saturated carbocycles. The van der Waals surface area contributed by atoms with Gasteiger partial charge in [-0.1, -0.05) is 96.1 Å². The van der Waals surface area contributed by atoms with E-state index in [0.29, 0.717) is 0 Å². The molecule has 1 N–H and O–H groups in total. The molecule has 182 valence electrons. The van der Waals surface area contributed by atoms with Crippen molar-refractivity contribution in [3.05, 3.63) is 47.9 Å². The molecular formula is C28H44N4O. The number of H-pyrrole nitrogens is 1. The smallest absolute Gasteiger partial charge is 0.175 e. The summed E-state index contributed by atoms with van der Waals surface area (Å²) in [6, 6.07) is 10.7. The second-order valence-corrected chi connectivity index (χ2v) is 9.40. The van der Waals surface area contributed by atoms with Crippen molar-refractivity contribution in [3.8, 4) is 5.75 Å². The van der Waals surface area contributed by atoms with Gasteiger partial charge in [0.2, 0.25) is 0 Å². The second kappa shape index (κ2) is 15.5. The van der Waals surface area contributed by atoms with Crippen LogP contribution in [0.4, 0.5) is 0 Å². The third-order valence-electron chi connectivity index (χ3n) is 6.45. The molecular weight excluding hydrogens is 408 g/mol. The van der Waals surface area contributed by atoms with E-state index in [1.807, 2.05) is 6.07 Å². The van der Waals surface area contributed by atoms with E-state index in [1.54, 1.807) is 11.0 Å². The second-order valence-electron chi connectivity index (χ2n) is 9.40. The van der Waals surface area contributed by atoms with Crippen LogP contribution in [0.3, 0.4) is 0 Å². The molecule has 5 heteroatoms. The summed E-state index contributed by atoms with van der Waals surface area (Å²) in [5, 5.41) is 7.34. The fraction of sp³-hybridized carbons (Fsp3) is 0.643. The standard InChI is InChI=1S/C28H44N4O/c1-2-3-4-5-6-7-8-9-10-11-12-13-14-17-25-18-15-20-27(22-25)33-21-16-19-26-23-28-29-24-30-32(28)31-26/h15,18,20,22-24,31H,2-14,16-17,19,21H2,1H3. The van der Waals surface area contributed by atoms with Crippen molar-refractivity contribution in [1.29, 1.82) is 0 Å². The molecule has 0 spiro atoms. The number of ether oxygens (including phenoxy) is 1. The third kappa shape index (κ3) is 10.0. The van der Waals surface area contributed by atoms with Crippen molar-refractivity contribution in [2.45, 2.75) is 110 Å². The number of fused-ring (bicyclic) bond motifs is 1. The minimum atomic E-state index is 0.719. The van der Waals surface area contributed by atoms with E-state index in [0.717, 1.165) is 43.0 Å².